The molecule has 7 heteroatoms. The van der Waals surface area contributed by atoms with Crippen molar-refractivity contribution < 1.29 is 14.3 Å². The Balaban J connectivity index is 1.67. The van der Waals surface area contributed by atoms with Gasteiger partial charge < -0.3 is 15.5 Å². The highest BCUT2D eigenvalue weighted by Gasteiger charge is 2.10. The van der Waals surface area contributed by atoms with Crippen LogP contribution < -0.4 is 11.4 Å². The maximum absolute atomic E-state index is 12.2. The standard InChI is InChI=1S/C19H17N3O4/c1-12-10-21-19(25)22(12)16-8-6-15(7-9-16)18(24)26-11-13-2-4-14(5-3-13)17(20)23/h2-10H,11H2,1H3,(H2,20,23)(H,21,25). The third-order valence-electron chi connectivity index (χ3n) is 3.93. The van der Waals surface area contributed by atoms with Crippen LogP contribution in [0.15, 0.2) is 59.5 Å². The minimum atomic E-state index is -0.509. The van der Waals surface area contributed by atoms with Gasteiger partial charge in [0.2, 0.25) is 5.91 Å². The Morgan fingerprint density at radius 2 is 1.65 bits per heavy atom. The molecule has 7 nitrogen and oxygen atoms in total. The number of hydrogen-bond donors (Lipinski definition) is 2. The molecule has 0 saturated heterocycles. The normalized spacial score (nSPS) is 10.5. The van der Waals surface area contributed by atoms with E-state index in [4.69, 9.17) is 10.5 Å². The zero-order valence-electron chi connectivity index (χ0n) is 14.1. The molecule has 0 aliphatic heterocycles. The highest BCUT2D eigenvalue weighted by molar-refractivity contribution is 5.92. The third kappa shape index (κ3) is 3.56. The summed E-state index contributed by atoms with van der Waals surface area (Å²) in [5.41, 5.74) is 7.89. The van der Waals surface area contributed by atoms with Gasteiger partial charge in [0.25, 0.3) is 0 Å². The van der Waals surface area contributed by atoms with Gasteiger partial charge in [0.05, 0.1) is 11.3 Å². The number of aryl methyl sites for hydroxylation is 1. The number of esters is 1. The van der Waals surface area contributed by atoms with Gasteiger partial charge in [-0.15, -0.1) is 0 Å². The number of amides is 1. The Morgan fingerprint density at radius 1 is 1.04 bits per heavy atom. The maximum Gasteiger partial charge on any atom is 0.338 e. The quantitative estimate of drug-likeness (QED) is 0.685. The van der Waals surface area contributed by atoms with Crippen molar-refractivity contribution in [2.45, 2.75) is 13.5 Å². The van der Waals surface area contributed by atoms with Gasteiger partial charge in [-0.2, -0.15) is 0 Å². The van der Waals surface area contributed by atoms with Crippen molar-refractivity contribution in [2.24, 2.45) is 5.73 Å². The molecule has 0 unspecified atom stereocenters. The average molecular weight is 351 g/mol. The molecule has 1 heterocycles. The number of ether oxygens (including phenoxy) is 1. The first-order valence-corrected chi connectivity index (χ1v) is 7.89. The molecular weight excluding hydrogens is 334 g/mol. The number of carbonyl (C=O) groups excluding carboxylic acids is 2. The number of aromatic nitrogens is 2. The number of aromatic amines is 1. The van der Waals surface area contributed by atoms with E-state index < -0.39 is 11.9 Å². The predicted octanol–water partition coefficient (Wildman–Crippen LogP) is 1.93. The van der Waals surface area contributed by atoms with E-state index >= 15 is 0 Å². The second-order valence-electron chi connectivity index (χ2n) is 5.75. The zero-order valence-corrected chi connectivity index (χ0v) is 14.1. The summed E-state index contributed by atoms with van der Waals surface area (Å²) in [5, 5.41) is 0. The summed E-state index contributed by atoms with van der Waals surface area (Å²) < 4.78 is 6.77. The zero-order chi connectivity index (χ0) is 18.7. The van der Waals surface area contributed by atoms with E-state index in [9.17, 15) is 14.4 Å². The van der Waals surface area contributed by atoms with Gasteiger partial charge in [-0.25, -0.2) is 9.59 Å². The largest absolute Gasteiger partial charge is 0.457 e. The van der Waals surface area contributed by atoms with E-state index in [1.165, 1.54) is 4.57 Å². The summed E-state index contributed by atoms with van der Waals surface area (Å²) in [5.74, 6) is -0.987. The van der Waals surface area contributed by atoms with Crippen LogP contribution in [-0.2, 0) is 11.3 Å². The number of nitrogens with one attached hydrogen (secondary N) is 1. The molecule has 132 valence electrons. The highest BCUT2D eigenvalue weighted by atomic mass is 16.5. The molecule has 3 N–H and O–H groups in total. The topological polar surface area (TPSA) is 107 Å². The fourth-order valence-electron chi connectivity index (χ4n) is 2.52. The molecule has 0 radical (unpaired) electrons. The van der Waals surface area contributed by atoms with Gasteiger partial charge in [-0.05, 0) is 48.9 Å². The minimum absolute atomic E-state index is 0.0794. The number of benzene rings is 2. The van der Waals surface area contributed by atoms with E-state index in [0.717, 1.165) is 11.3 Å². The predicted molar refractivity (Wildman–Crippen MR) is 95.2 cm³/mol. The summed E-state index contributed by atoms with van der Waals surface area (Å²) in [7, 11) is 0. The maximum atomic E-state index is 12.2. The lowest BCUT2D eigenvalue weighted by molar-refractivity contribution is 0.0472. The summed E-state index contributed by atoms with van der Waals surface area (Å²) >= 11 is 0. The number of nitrogens with zero attached hydrogens (tertiary/aromatic N) is 1. The first-order chi connectivity index (χ1) is 12.5. The molecule has 0 aliphatic carbocycles. The van der Waals surface area contributed by atoms with Crippen LogP contribution in [0, 0.1) is 6.92 Å². The van der Waals surface area contributed by atoms with Crippen molar-refractivity contribution in [2.75, 3.05) is 0 Å². The molecule has 3 rings (SSSR count). The van der Waals surface area contributed by atoms with Gasteiger partial charge >= 0.3 is 11.7 Å². The molecule has 0 aliphatic rings. The number of imidazole rings is 1. The van der Waals surface area contributed by atoms with Crippen LogP contribution in [0.2, 0.25) is 0 Å². The van der Waals surface area contributed by atoms with E-state index in [1.54, 1.807) is 54.7 Å². The Kier molecular flexibility index (Phi) is 4.70. The van der Waals surface area contributed by atoms with Crippen LogP contribution in [-0.4, -0.2) is 21.4 Å². The monoisotopic (exact) mass is 351 g/mol. The lowest BCUT2D eigenvalue weighted by Crippen LogP contribution is -2.16. The average Bonchev–Trinajstić information content (AvgIpc) is 2.98. The molecule has 3 aromatic rings. The number of hydrogen-bond acceptors (Lipinski definition) is 4. The SMILES string of the molecule is Cc1c[nH]c(=O)n1-c1ccc(C(=O)OCc2ccc(C(N)=O)cc2)cc1. The van der Waals surface area contributed by atoms with Gasteiger partial charge in [0.1, 0.15) is 6.61 Å². The first kappa shape index (κ1) is 17.2. The number of H-pyrrole nitrogens is 1. The van der Waals surface area contributed by atoms with E-state index in [1.807, 2.05) is 6.92 Å². The van der Waals surface area contributed by atoms with E-state index in [0.29, 0.717) is 16.8 Å². The van der Waals surface area contributed by atoms with Crippen LogP contribution in [0.4, 0.5) is 0 Å². The van der Waals surface area contributed by atoms with Gasteiger partial charge in [0, 0.05) is 17.5 Å². The lowest BCUT2D eigenvalue weighted by Gasteiger charge is -2.07. The van der Waals surface area contributed by atoms with Crippen molar-refractivity contribution in [3.63, 3.8) is 0 Å². The molecule has 2 aromatic carbocycles. The summed E-state index contributed by atoms with van der Waals surface area (Å²) in [6.07, 6.45) is 1.62. The molecule has 0 saturated carbocycles. The van der Waals surface area contributed by atoms with Gasteiger partial charge in [-0.1, -0.05) is 12.1 Å². The van der Waals surface area contributed by atoms with Gasteiger partial charge in [0.15, 0.2) is 0 Å². The Hall–Kier alpha value is -3.61. The number of nitrogens with two attached hydrogens (primary N) is 1. The van der Waals surface area contributed by atoms with Crippen molar-refractivity contribution in [1.29, 1.82) is 0 Å². The van der Waals surface area contributed by atoms with Crippen molar-refractivity contribution in [3.8, 4) is 5.69 Å². The first-order valence-electron chi connectivity index (χ1n) is 7.89. The molecule has 1 aromatic heterocycles. The molecule has 0 spiro atoms. The van der Waals surface area contributed by atoms with Crippen molar-refractivity contribution >= 4 is 11.9 Å². The van der Waals surface area contributed by atoms with Crippen molar-refractivity contribution in [3.05, 3.63) is 87.6 Å². The molecule has 1 amide bonds. The minimum Gasteiger partial charge on any atom is -0.457 e. The lowest BCUT2D eigenvalue weighted by atomic mass is 10.1. The second-order valence-corrected chi connectivity index (χ2v) is 5.75. The molecule has 0 fully saturated rings. The number of primary amides is 1. The molecule has 0 bridgehead atoms. The Labute approximate surface area is 149 Å². The fourth-order valence-corrected chi connectivity index (χ4v) is 2.52. The number of carbonyl (C=O) groups is 2. The Bertz CT molecular complexity index is 999. The highest BCUT2D eigenvalue weighted by Crippen LogP contribution is 2.12. The summed E-state index contributed by atoms with van der Waals surface area (Å²) in [4.78, 5) is 37.6. The second kappa shape index (κ2) is 7.10. The van der Waals surface area contributed by atoms with Gasteiger partial charge in [-0.3, -0.25) is 9.36 Å². The summed E-state index contributed by atoms with van der Waals surface area (Å²) in [6, 6.07) is 13.1. The van der Waals surface area contributed by atoms with Crippen LogP contribution in [0.1, 0.15) is 32.0 Å². The van der Waals surface area contributed by atoms with Crippen LogP contribution in [0.25, 0.3) is 5.69 Å². The fraction of sp³-hybridized carbons (Fsp3) is 0.105. The third-order valence-corrected chi connectivity index (χ3v) is 3.93. The summed E-state index contributed by atoms with van der Waals surface area (Å²) in [6.45, 7) is 1.89. The van der Waals surface area contributed by atoms with Crippen LogP contribution >= 0.6 is 0 Å². The molecular formula is C19H17N3O4. The number of rotatable bonds is 5. The van der Waals surface area contributed by atoms with Crippen LogP contribution in [0.5, 0.6) is 0 Å². The smallest absolute Gasteiger partial charge is 0.338 e. The Morgan fingerprint density at radius 3 is 2.19 bits per heavy atom. The molecule has 26 heavy (non-hydrogen) atoms. The van der Waals surface area contributed by atoms with E-state index in [2.05, 4.69) is 4.98 Å². The van der Waals surface area contributed by atoms with Crippen molar-refractivity contribution in [1.82, 2.24) is 9.55 Å². The van der Waals surface area contributed by atoms with Crippen LogP contribution in [0.3, 0.4) is 0 Å². The molecule has 0 atom stereocenters. The van der Waals surface area contributed by atoms with E-state index in [-0.39, 0.29) is 12.3 Å².